The maximum Gasteiger partial charge on any atom is 0.0829 e. The van der Waals surface area contributed by atoms with E-state index >= 15 is 0 Å². The van der Waals surface area contributed by atoms with Crippen LogP contribution in [0.3, 0.4) is 0 Å². The van der Waals surface area contributed by atoms with Crippen molar-refractivity contribution in [3.63, 3.8) is 0 Å². The van der Waals surface area contributed by atoms with E-state index in [0.29, 0.717) is 6.10 Å². The van der Waals surface area contributed by atoms with Crippen molar-refractivity contribution in [1.82, 2.24) is 9.80 Å². The van der Waals surface area contributed by atoms with Gasteiger partial charge in [0.25, 0.3) is 0 Å². The molecule has 1 unspecified atom stereocenters. The molecule has 0 aliphatic carbocycles. The third-order valence-corrected chi connectivity index (χ3v) is 3.44. The highest BCUT2D eigenvalue weighted by molar-refractivity contribution is 4.77. The van der Waals surface area contributed by atoms with Gasteiger partial charge in [0.15, 0.2) is 0 Å². The van der Waals surface area contributed by atoms with Crippen molar-refractivity contribution in [3.8, 4) is 0 Å². The molecule has 1 rings (SSSR count). The summed E-state index contributed by atoms with van der Waals surface area (Å²) in [6.45, 7) is 13.5. The van der Waals surface area contributed by atoms with Crippen molar-refractivity contribution < 1.29 is 4.74 Å². The van der Waals surface area contributed by atoms with Gasteiger partial charge in [0.1, 0.15) is 0 Å². The quantitative estimate of drug-likeness (QED) is 0.743. The SMILES string of the molecule is CCN1CCOC(CN(C)CC(C)(C)CN)C1. The molecule has 0 aromatic carbocycles. The molecule has 4 heteroatoms. The molecule has 4 nitrogen and oxygen atoms in total. The zero-order valence-corrected chi connectivity index (χ0v) is 11.9. The molecule has 0 radical (unpaired) electrons. The molecule has 0 bridgehead atoms. The lowest BCUT2D eigenvalue weighted by Crippen LogP contribution is -2.48. The van der Waals surface area contributed by atoms with Gasteiger partial charge in [-0.05, 0) is 25.6 Å². The van der Waals surface area contributed by atoms with E-state index in [2.05, 4.69) is 37.6 Å². The summed E-state index contributed by atoms with van der Waals surface area (Å²) in [4.78, 5) is 4.80. The largest absolute Gasteiger partial charge is 0.374 e. The zero-order chi connectivity index (χ0) is 12.9. The van der Waals surface area contributed by atoms with Gasteiger partial charge in [-0.25, -0.2) is 0 Å². The first-order chi connectivity index (χ1) is 7.96. The van der Waals surface area contributed by atoms with Gasteiger partial charge in [-0.3, -0.25) is 4.90 Å². The van der Waals surface area contributed by atoms with Crippen LogP contribution in [0, 0.1) is 5.41 Å². The van der Waals surface area contributed by atoms with E-state index in [1.165, 1.54) is 0 Å². The minimum absolute atomic E-state index is 0.188. The highest BCUT2D eigenvalue weighted by Crippen LogP contribution is 2.15. The van der Waals surface area contributed by atoms with Crippen molar-refractivity contribution in [1.29, 1.82) is 0 Å². The van der Waals surface area contributed by atoms with E-state index in [0.717, 1.165) is 45.9 Å². The topological polar surface area (TPSA) is 41.7 Å². The molecule has 1 aliphatic rings. The van der Waals surface area contributed by atoms with Gasteiger partial charge in [0, 0.05) is 26.2 Å². The van der Waals surface area contributed by atoms with Gasteiger partial charge in [-0.2, -0.15) is 0 Å². The van der Waals surface area contributed by atoms with Gasteiger partial charge in [-0.1, -0.05) is 20.8 Å². The van der Waals surface area contributed by atoms with E-state index in [1.807, 2.05) is 0 Å². The lowest BCUT2D eigenvalue weighted by molar-refractivity contribution is -0.0416. The van der Waals surface area contributed by atoms with E-state index in [1.54, 1.807) is 0 Å². The first kappa shape index (κ1) is 14.9. The minimum Gasteiger partial charge on any atom is -0.374 e. The van der Waals surface area contributed by atoms with Crippen LogP contribution in [-0.4, -0.2) is 68.8 Å². The van der Waals surface area contributed by atoms with E-state index in [9.17, 15) is 0 Å². The predicted octanol–water partition coefficient (Wildman–Crippen LogP) is 0.624. The summed E-state index contributed by atoms with van der Waals surface area (Å²) in [5.74, 6) is 0. The standard InChI is InChI=1S/C13H29N3O/c1-5-16-6-7-17-12(9-16)8-15(4)11-13(2,3)10-14/h12H,5-11,14H2,1-4H3. The Hall–Kier alpha value is -0.160. The molecule has 0 aromatic rings. The Morgan fingerprint density at radius 1 is 1.47 bits per heavy atom. The number of hydrogen-bond acceptors (Lipinski definition) is 4. The van der Waals surface area contributed by atoms with Crippen molar-refractivity contribution in [2.24, 2.45) is 11.1 Å². The second-order valence-corrected chi connectivity index (χ2v) is 5.95. The Balaban J connectivity index is 2.32. The number of nitrogens with zero attached hydrogens (tertiary/aromatic N) is 2. The van der Waals surface area contributed by atoms with Crippen LogP contribution < -0.4 is 5.73 Å². The molecule has 1 aliphatic heterocycles. The average molecular weight is 243 g/mol. The van der Waals surface area contributed by atoms with Crippen molar-refractivity contribution in [3.05, 3.63) is 0 Å². The van der Waals surface area contributed by atoms with E-state index < -0.39 is 0 Å². The number of likely N-dealkylation sites (N-methyl/N-ethyl adjacent to an activating group) is 2. The van der Waals surface area contributed by atoms with Crippen LogP contribution in [-0.2, 0) is 4.74 Å². The fourth-order valence-electron chi connectivity index (χ4n) is 2.39. The molecule has 1 heterocycles. The van der Waals surface area contributed by atoms with E-state index in [4.69, 9.17) is 10.5 Å². The number of hydrogen-bond donors (Lipinski definition) is 1. The van der Waals surface area contributed by atoms with Crippen LogP contribution in [0.4, 0.5) is 0 Å². The third-order valence-electron chi connectivity index (χ3n) is 3.44. The van der Waals surface area contributed by atoms with Gasteiger partial charge in [-0.15, -0.1) is 0 Å². The van der Waals surface area contributed by atoms with Crippen LogP contribution >= 0.6 is 0 Å². The number of rotatable bonds is 6. The lowest BCUT2D eigenvalue weighted by atomic mass is 9.93. The number of ether oxygens (including phenoxy) is 1. The highest BCUT2D eigenvalue weighted by Gasteiger charge is 2.23. The second-order valence-electron chi connectivity index (χ2n) is 5.95. The monoisotopic (exact) mass is 243 g/mol. The van der Waals surface area contributed by atoms with Gasteiger partial charge < -0.3 is 15.4 Å². The van der Waals surface area contributed by atoms with Crippen molar-refractivity contribution in [2.75, 3.05) is 52.9 Å². The summed E-state index contributed by atoms with van der Waals surface area (Å²) in [6, 6.07) is 0. The smallest absolute Gasteiger partial charge is 0.0829 e. The molecular weight excluding hydrogens is 214 g/mol. The fourth-order valence-corrected chi connectivity index (χ4v) is 2.39. The molecule has 2 N–H and O–H groups in total. The first-order valence-electron chi connectivity index (χ1n) is 6.69. The van der Waals surface area contributed by atoms with Crippen molar-refractivity contribution >= 4 is 0 Å². The summed E-state index contributed by atoms with van der Waals surface area (Å²) in [6.07, 6.45) is 0.349. The Morgan fingerprint density at radius 2 is 2.18 bits per heavy atom. The normalized spacial score (nSPS) is 23.3. The van der Waals surface area contributed by atoms with Crippen LogP contribution in [0.25, 0.3) is 0 Å². The minimum atomic E-state index is 0.188. The summed E-state index contributed by atoms with van der Waals surface area (Å²) in [7, 11) is 2.16. The second kappa shape index (κ2) is 6.69. The molecule has 17 heavy (non-hydrogen) atoms. The highest BCUT2D eigenvalue weighted by atomic mass is 16.5. The van der Waals surface area contributed by atoms with Crippen LogP contribution in [0.1, 0.15) is 20.8 Å². The van der Waals surface area contributed by atoms with Crippen LogP contribution in [0.5, 0.6) is 0 Å². The molecular formula is C13H29N3O. The average Bonchev–Trinajstić information content (AvgIpc) is 2.28. The van der Waals surface area contributed by atoms with Crippen molar-refractivity contribution in [2.45, 2.75) is 26.9 Å². The molecule has 1 saturated heterocycles. The molecule has 1 atom stereocenters. The van der Waals surface area contributed by atoms with Crippen LogP contribution in [0.15, 0.2) is 0 Å². The van der Waals surface area contributed by atoms with Gasteiger partial charge in [0.2, 0.25) is 0 Å². The fraction of sp³-hybridized carbons (Fsp3) is 1.00. The molecule has 102 valence electrons. The van der Waals surface area contributed by atoms with E-state index in [-0.39, 0.29) is 5.41 Å². The molecule has 1 fully saturated rings. The number of nitrogens with two attached hydrogens (primary N) is 1. The summed E-state index contributed by atoms with van der Waals surface area (Å²) < 4.78 is 5.81. The number of morpholine rings is 1. The first-order valence-corrected chi connectivity index (χ1v) is 6.69. The van der Waals surface area contributed by atoms with Gasteiger partial charge >= 0.3 is 0 Å². The Kier molecular flexibility index (Phi) is 5.86. The van der Waals surface area contributed by atoms with Gasteiger partial charge in [0.05, 0.1) is 12.7 Å². The summed E-state index contributed by atoms with van der Waals surface area (Å²) >= 11 is 0. The maximum absolute atomic E-state index is 5.81. The maximum atomic E-state index is 5.81. The Bertz CT molecular complexity index is 221. The van der Waals surface area contributed by atoms with Crippen LogP contribution in [0.2, 0.25) is 0 Å². The molecule has 0 amide bonds. The third kappa shape index (κ3) is 5.34. The predicted molar refractivity (Wildman–Crippen MR) is 72.2 cm³/mol. The molecule has 0 saturated carbocycles. The summed E-state index contributed by atoms with van der Waals surface area (Å²) in [5, 5.41) is 0. The zero-order valence-electron chi connectivity index (χ0n) is 11.9. The molecule has 0 aromatic heterocycles. The summed E-state index contributed by atoms with van der Waals surface area (Å²) in [5.41, 5.74) is 5.95. The lowest BCUT2D eigenvalue weighted by Gasteiger charge is -2.36. The molecule has 0 spiro atoms. The Labute approximate surface area is 106 Å². The Morgan fingerprint density at radius 3 is 2.76 bits per heavy atom.